The van der Waals surface area contributed by atoms with Crippen LogP contribution in [0.1, 0.15) is 40.5 Å². The SMILES string of the molecule is COC(=O)C1=C(C)N=C(Nc2ccc(OC)cc2)N2[C@H](CO[Si](c3ccccc3)(c3ccccc3)C(C)(C)C)CC[C@@H]12. The van der Waals surface area contributed by atoms with Crippen LogP contribution >= 0.6 is 0 Å². The maximum Gasteiger partial charge on any atom is 0.337 e. The van der Waals surface area contributed by atoms with Crippen molar-refractivity contribution in [1.82, 2.24) is 4.90 Å². The van der Waals surface area contributed by atoms with Crippen molar-refractivity contribution >= 4 is 36.3 Å². The second-order valence-electron chi connectivity index (χ2n) is 11.9. The van der Waals surface area contributed by atoms with Crippen molar-refractivity contribution in [1.29, 1.82) is 0 Å². The van der Waals surface area contributed by atoms with E-state index in [1.165, 1.54) is 17.5 Å². The summed E-state index contributed by atoms with van der Waals surface area (Å²) in [7, 11) is 0.341. The van der Waals surface area contributed by atoms with Crippen LogP contribution in [0.15, 0.2) is 101 Å². The fourth-order valence-corrected chi connectivity index (χ4v) is 11.0. The topological polar surface area (TPSA) is 72.4 Å². The first-order valence-electron chi connectivity index (χ1n) is 14.5. The molecule has 7 nitrogen and oxygen atoms in total. The molecule has 2 aliphatic rings. The number of aliphatic imine (C=N–C) groups is 1. The second kappa shape index (κ2) is 12.2. The van der Waals surface area contributed by atoms with Gasteiger partial charge in [-0.25, -0.2) is 9.79 Å². The third-order valence-corrected chi connectivity index (χ3v) is 13.4. The van der Waals surface area contributed by atoms with Crippen molar-refractivity contribution in [2.45, 2.75) is 57.7 Å². The highest BCUT2D eigenvalue weighted by molar-refractivity contribution is 6.99. The van der Waals surface area contributed by atoms with Gasteiger partial charge in [0.2, 0.25) is 5.96 Å². The minimum Gasteiger partial charge on any atom is -0.497 e. The molecular weight excluding hydrogens is 542 g/mol. The van der Waals surface area contributed by atoms with Gasteiger partial charge in [-0.2, -0.15) is 0 Å². The summed E-state index contributed by atoms with van der Waals surface area (Å²) in [4.78, 5) is 20.1. The van der Waals surface area contributed by atoms with Gasteiger partial charge in [-0.05, 0) is 59.4 Å². The molecule has 1 fully saturated rings. The first-order chi connectivity index (χ1) is 20.2. The Kier molecular flexibility index (Phi) is 8.57. The summed E-state index contributed by atoms with van der Waals surface area (Å²) >= 11 is 0. The average molecular weight is 584 g/mol. The van der Waals surface area contributed by atoms with E-state index in [0.717, 1.165) is 24.3 Å². The summed E-state index contributed by atoms with van der Waals surface area (Å²) < 4.78 is 17.9. The van der Waals surface area contributed by atoms with Gasteiger partial charge in [0.05, 0.1) is 44.2 Å². The average Bonchev–Trinajstić information content (AvgIpc) is 3.42. The van der Waals surface area contributed by atoms with Gasteiger partial charge in [0.25, 0.3) is 8.32 Å². The Morgan fingerprint density at radius 2 is 1.52 bits per heavy atom. The van der Waals surface area contributed by atoms with E-state index in [-0.39, 0.29) is 23.1 Å². The number of rotatable bonds is 8. The number of hydrogen-bond acceptors (Lipinski definition) is 7. The van der Waals surface area contributed by atoms with Gasteiger partial charge < -0.3 is 24.1 Å². The first-order valence-corrected chi connectivity index (χ1v) is 16.4. The summed E-state index contributed by atoms with van der Waals surface area (Å²) in [6.07, 6.45) is 1.67. The number of methoxy groups -OCH3 is 2. The molecule has 0 spiro atoms. The predicted octanol–water partition coefficient (Wildman–Crippen LogP) is 5.33. The number of nitrogens with one attached hydrogen (secondary N) is 1. The molecule has 0 radical (unpaired) electrons. The highest BCUT2D eigenvalue weighted by atomic mass is 28.4. The van der Waals surface area contributed by atoms with E-state index in [1.807, 2.05) is 31.2 Å². The normalized spacial score (nSPS) is 18.8. The fraction of sp³-hybridized carbons (Fsp3) is 0.353. The lowest BCUT2D eigenvalue weighted by Gasteiger charge is -2.44. The quantitative estimate of drug-likeness (QED) is 0.285. The van der Waals surface area contributed by atoms with Crippen LogP contribution < -0.4 is 20.4 Å². The molecular formula is C34H41N3O4Si. The lowest BCUT2D eigenvalue weighted by atomic mass is 10.0. The minimum absolute atomic E-state index is 0.00824. The van der Waals surface area contributed by atoms with Gasteiger partial charge in [-0.3, -0.25) is 0 Å². The number of hydrogen-bond donors (Lipinski definition) is 1. The molecule has 0 amide bonds. The van der Waals surface area contributed by atoms with Crippen molar-refractivity contribution in [3.63, 3.8) is 0 Å². The zero-order chi connectivity index (χ0) is 29.9. The maximum absolute atomic E-state index is 12.9. The number of anilines is 1. The molecule has 0 bridgehead atoms. The molecule has 1 N–H and O–H groups in total. The number of fused-ring (bicyclic) bond motifs is 1. The monoisotopic (exact) mass is 583 g/mol. The molecule has 0 aliphatic carbocycles. The third-order valence-electron chi connectivity index (χ3n) is 8.40. The van der Waals surface area contributed by atoms with Crippen LogP contribution in [0.2, 0.25) is 5.04 Å². The molecule has 2 heterocycles. The first kappa shape index (κ1) is 29.6. The third kappa shape index (κ3) is 5.48. The zero-order valence-corrected chi connectivity index (χ0v) is 26.4. The van der Waals surface area contributed by atoms with Gasteiger partial charge in [-0.15, -0.1) is 0 Å². The van der Waals surface area contributed by atoms with Crippen LogP contribution in [0.25, 0.3) is 0 Å². The predicted molar refractivity (Wildman–Crippen MR) is 171 cm³/mol. The van der Waals surface area contributed by atoms with E-state index >= 15 is 0 Å². The van der Waals surface area contributed by atoms with Crippen LogP contribution in [0, 0.1) is 0 Å². The number of nitrogens with zero attached hydrogens (tertiary/aromatic N) is 2. The maximum atomic E-state index is 12.9. The number of allylic oxidation sites excluding steroid dienone is 1. The molecule has 0 unspecified atom stereocenters. The van der Waals surface area contributed by atoms with Crippen LogP contribution in [0.4, 0.5) is 5.69 Å². The van der Waals surface area contributed by atoms with Gasteiger partial charge >= 0.3 is 5.97 Å². The number of esters is 1. The Hall–Kier alpha value is -3.88. The standard InChI is InChI=1S/C34H41N3O4Si/c1-24-31(32(38)40-6)30-22-19-26(37(30)33(35-24)36-25-17-20-27(39-5)21-18-25)23-41-42(34(2,3)4,28-13-9-7-10-14-28)29-15-11-8-12-16-29/h7-18,20-21,26,30H,19,22-23H2,1-6H3,(H,35,36)/t26-,30-/m0/s1. The van der Waals surface area contributed by atoms with Gasteiger partial charge in [0.15, 0.2) is 0 Å². The molecule has 2 atom stereocenters. The largest absolute Gasteiger partial charge is 0.497 e. The molecule has 42 heavy (non-hydrogen) atoms. The Morgan fingerprint density at radius 1 is 0.929 bits per heavy atom. The summed E-state index contributed by atoms with van der Waals surface area (Å²) in [5.41, 5.74) is 2.18. The van der Waals surface area contributed by atoms with Crippen molar-refractivity contribution in [2.24, 2.45) is 4.99 Å². The molecule has 2 aliphatic heterocycles. The van der Waals surface area contributed by atoms with Crippen LogP contribution in [0.3, 0.4) is 0 Å². The Labute approximate surface area is 250 Å². The molecule has 5 rings (SSSR count). The van der Waals surface area contributed by atoms with E-state index in [9.17, 15) is 4.79 Å². The van der Waals surface area contributed by atoms with Crippen LogP contribution in [0.5, 0.6) is 5.75 Å². The number of benzene rings is 3. The van der Waals surface area contributed by atoms with E-state index in [0.29, 0.717) is 23.8 Å². The molecule has 3 aromatic rings. The Bertz CT molecular complexity index is 1410. The smallest absolute Gasteiger partial charge is 0.337 e. The summed E-state index contributed by atoms with van der Waals surface area (Å²) in [6.45, 7) is 9.25. The van der Waals surface area contributed by atoms with E-state index in [4.69, 9.17) is 18.9 Å². The molecule has 3 aromatic carbocycles. The lowest BCUT2D eigenvalue weighted by molar-refractivity contribution is -0.136. The summed E-state index contributed by atoms with van der Waals surface area (Å²) in [6, 6.07) is 29.0. The Balaban J connectivity index is 1.52. The molecule has 220 valence electrons. The molecule has 8 heteroatoms. The zero-order valence-electron chi connectivity index (χ0n) is 25.4. The number of carbonyl (C=O) groups is 1. The van der Waals surface area contributed by atoms with Crippen molar-refractivity contribution in [3.8, 4) is 5.75 Å². The Morgan fingerprint density at radius 3 is 2.05 bits per heavy atom. The van der Waals surface area contributed by atoms with Gasteiger partial charge in [0, 0.05) is 5.69 Å². The highest BCUT2D eigenvalue weighted by Crippen LogP contribution is 2.40. The number of guanidine groups is 1. The van der Waals surface area contributed by atoms with Crippen molar-refractivity contribution < 1.29 is 18.7 Å². The molecule has 0 aromatic heterocycles. The summed E-state index contributed by atoms with van der Waals surface area (Å²) in [5.74, 6) is 1.16. The van der Waals surface area contributed by atoms with E-state index < -0.39 is 8.32 Å². The van der Waals surface area contributed by atoms with E-state index in [1.54, 1.807) is 7.11 Å². The highest BCUT2D eigenvalue weighted by Gasteiger charge is 2.52. The molecule has 1 saturated heterocycles. The summed E-state index contributed by atoms with van der Waals surface area (Å²) in [5, 5.41) is 5.87. The van der Waals surface area contributed by atoms with Crippen molar-refractivity contribution in [3.05, 3.63) is 96.2 Å². The number of ether oxygens (including phenoxy) is 2. The van der Waals surface area contributed by atoms with Gasteiger partial charge in [0.1, 0.15) is 5.75 Å². The lowest BCUT2D eigenvalue weighted by Crippen LogP contribution is -2.67. The van der Waals surface area contributed by atoms with Crippen LogP contribution in [-0.4, -0.2) is 58.1 Å². The van der Waals surface area contributed by atoms with Gasteiger partial charge in [-0.1, -0.05) is 81.4 Å². The second-order valence-corrected chi connectivity index (χ2v) is 16.2. The van der Waals surface area contributed by atoms with E-state index in [2.05, 4.69) is 91.7 Å². The van der Waals surface area contributed by atoms with Crippen molar-refractivity contribution in [2.75, 3.05) is 26.1 Å². The fourth-order valence-electron chi connectivity index (χ4n) is 6.44. The molecule has 0 saturated carbocycles. The number of carbonyl (C=O) groups excluding carboxylic acids is 1. The van der Waals surface area contributed by atoms with Crippen LogP contribution in [-0.2, 0) is 14.0 Å². The minimum atomic E-state index is -2.74.